The number of aromatic hydroxyl groups is 1. The summed E-state index contributed by atoms with van der Waals surface area (Å²) in [6.07, 6.45) is 1.62. The highest BCUT2D eigenvalue weighted by Crippen LogP contribution is 2.37. The van der Waals surface area contributed by atoms with Gasteiger partial charge in [0.25, 0.3) is 0 Å². The van der Waals surface area contributed by atoms with Crippen LogP contribution in [-0.4, -0.2) is 18.8 Å². The van der Waals surface area contributed by atoms with Crippen LogP contribution < -0.4 is 10.5 Å². The zero-order chi connectivity index (χ0) is 11.4. The molecule has 0 saturated carbocycles. The van der Waals surface area contributed by atoms with E-state index in [1.54, 1.807) is 13.2 Å². The maximum Gasteiger partial charge on any atom is 0.161 e. The van der Waals surface area contributed by atoms with Gasteiger partial charge in [0, 0.05) is 10.0 Å². The first-order valence-electron chi connectivity index (χ1n) is 4.86. The smallest absolute Gasteiger partial charge is 0.161 e. The summed E-state index contributed by atoms with van der Waals surface area (Å²) in [4.78, 5) is 0. The molecular formula is C11H16BrNO2. The minimum atomic E-state index is 0.228. The van der Waals surface area contributed by atoms with Gasteiger partial charge in [0.1, 0.15) is 0 Å². The Morgan fingerprint density at radius 1 is 1.53 bits per heavy atom. The number of benzene rings is 1. The van der Waals surface area contributed by atoms with Gasteiger partial charge in [0.05, 0.1) is 7.11 Å². The van der Waals surface area contributed by atoms with Gasteiger partial charge in [-0.2, -0.15) is 0 Å². The van der Waals surface area contributed by atoms with Crippen molar-refractivity contribution >= 4 is 15.9 Å². The van der Waals surface area contributed by atoms with E-state index >= 15 is 0 Å². The van der Waals surface area contributed by atoms with E-state index < -0.39 is 0 Å². The molecule has 15 heavy (non-hydrogen) atoms. The van der Waals surface area contributed by atoms with Crippen molar-refractivity contribution in [2.75, 3.05) is 13.7 Å². The molecule has 1 aromatic rings. The largest absolute Gasteiger partial charge is 0.504 e. The number of hydrogen-bond acceptors (Lipinski definition) is 3. The molecular weight excluding hydrogens is 258 g/mol. The summed E-state index contributed by atoms with van der Waals surface area (Å²) in [5.41, 5.74) is 7.41. The predicted molar refractivity (Wildman–Crippen MR) is 64.5 cm³/mol. The van der Waals surface area contributed by atoms with Crippen molar-refractivity contribution in [2.24, 2.45) is 5.73 Å². The van der Waals surface area contributed by atoms with E-state index in [2.05, 4.69) is 15.9 Å². The molecule has 0 saturated heterocycles. The highest BCUT2D eigenvalue weighted by atomic mass is 79.9. The molecule has 0 bridgehead atoms. The fourth-order valence-corrected chi connectivity index (χ4v) is 1.95. The predicted octanol–water partition coefficient (Wildman–Crippen LogP) is 2.36. The quantitative estimate of drug-likeness (QED) is 0.886. The van der Waals surface area contributed by atoms with E-state index in [1.807, 2.05) is 6.92 Å². The molecule has 4 heteroatoms. The first-order valence-corrected chi connectivity index (χ1v) is 5.66. The maximum absolute atomic E-state index is 9.93. The van der Waals surface area contributed by atoms with Gasteiger partial charge < -0.3 is 15.6 Å². The summed E-state index contributed by atoms with van der Waals surface area (Å²) >= 11 is 3.44. The third-order valence-electron chi connectivity index (χ3n) is 2.44. The van der Waals surface area contributed by atoms with Crippen LogP contribution in [0.1, 0.15) is 17.5 Å². The van der Waals surface area contributed by atoms with Crippen LogP contribution >= 0.6 is 15.9 Å². The van der Waals surface area contributed by atoms with Crippen LogP contribution in [0.2, 0.25) is 0 Å². The second-order valence-corrected chi connectivity index (χ2v) is 4.26. The molecule has 1 aromatic carbocycles. The number of phenols is 1. The number of phenolic OH excluding ortho intramolecular Hbond substituents is 1. The Morgan fingerprint density at radius 2 is 2.20 bits per heavy atom. The molecule has 0 aliphatic heterocycles. The van der Waals surface area contributed by atoms with Gasteiger partial charge in [0.2, 0.25) is 0 Å². The lowest BCUT2D eigenvalue weighted by Crippen LogP contribution is -2.02. The van der Waals surface area contributed by atoms with Crippen LogP contribution in [0.15, 0.2) is 10.5 Å². The third-order valence-corrected chi connectivity index (χ3v) is 3.26. The van der Waals surface area contributed by atoms with Crippen LogP contribution in [0.4, 0.5) is 0 Å². The lowest BCUT2D eigenvalue weighted by molar-refractivity contribution is 0.369. The fraction of sp³-hybridized carbons (Fsp3) is 0.455. The highest BCUT2D eigenvalue weighted by molar-refractivity contribution is 9.10. The Kier molecular flexibility index (Phi) is 4.42. The van der Waals surface area contributed by atoms with Crippen molar-refractivity contribution in [1.82, 2.24) is 0 Å². The zero-order valence-corrected chi connectivity index (χ0v) is 10.6. The van der Waals surface area contributed by atoms with E-state index in [0.29, 0.717) is 12.3 Å². The zero-order valence-electron chi connectivity index (χ0n) is 9.01. The van der Waals surface area contributed by atoms with Crippen molar-refractivity contribution in [3.63, 3.8) is 0 Å². The van der Waals surface area contributed by atoms with Gasteiger partial charge in [-0.05, 0) is 37.9 Å². The highest BCUT2D eigenvalue weighted by Gasteiger charge is 2.13. The molecule has 0 aliphatic carbocycles. The molecule has 1 rings (SSSR count). The number of rotatable bonds is 4. The van der Waals surface area contributed by atoms with Gasteiger partial charge in [-0.3, -0.25) is 0 Å². The Labute approximate surface area is 98.4 Å². The summed E-state index contributed by atoms with van der Waals surface area (Å²) in [5.74, 6) is 0.728. The summed E-state index contributed by atoms with van der Waals surface area (Å²) < 4.78 is 6.04. The van der Waals surface area contributed by atoms with Gasteiger partial charge in [0.15, 0.2) is 11.5 Å². The Bertz CT molecular complexity index is 353. The molecule has 0 unspecified atom stereocenters. The first-order chi connectivity index (χ1) is 7.11. The van der Waals surface area contributed by atoms with Crippen LogP contribution in [0.3, 0.4) is 0 Å². The third kappa shape index (κ3) is 2.63. The Hall–Kier alpha value is -0.740. The second kappa shape index (κ2) is 5.37. The topological polar surface area (TPSA) is 55.5 Å². The monoisotopic (exact) mass is 273 g/mol. The Balaban J connectivity index is 3.15. The number of hydrogen-bond donors (Lipinski definition) is 2. The van der Waals surface area contributed by atoms with E-state index in [0.717, 1.165) is 28.4 Å². The van der Waals surface area contributed by atoms with E-state index in [4.69, 9.17) is 10.5 Å². The van der Waals surface area contributed by atoms with Crippen LogP contribution in [0.5, 0.6) is 11.5 Å². The number of ether oxygens (including phenoxy) is 1. The molecule has 0 radical (unpaired) electrons. The van der Waals surface area contributed by atoms with Gasteiger partial charge in [-0.25, -0.2) is 0 Å². The molecule has 0 amide bonds. The van der Waals surface area contributed by atoms with Gasteiger partial charge in [-0.15, -0.1) is 0 Å². The summed E-state index contributed by atoms with van der Waals surface area (Å²) in [5, 5.41) is 9.93. The first kappa shape index (κ1) is 12.3. The molecule has 0 atom stereocenters. The average Bonchev–Trinajstić information content (AvgIpc) is 2.23. The molecule has 0 spiro atoms. The van der Waals surface area contributed by atoms with Crippen LogP contribution in [0.25, 0.3) is 0 Å². The summed E-state index contributed by atoms with van der Waals surface area (Å²) in [6.45, 7) is 2.59. The van der Waals surface area contributed by atoms with Crippen molar-refractivity contribution in [3.8, 4) is 11.5 Å². The molecule has 0 aliphatic rings. The lowest BCUT2D eigenvalue weighted by atomic mass is 10.0. The summed E-state index contributed by atoms with van der Waals surface area (Å²) in [7, 11) is 1.55. The molecule has 0 fully saturated rings. The molecule has 0 aromatic heterocycles. The van der Waals surface area contributed by atoms with Crippen molar-refractivity contribution in [1.29, 1.82) is 0 Å². The Morgan fingerprint density at radius 3 is 2.73 bits per heavy atom. The van der Waals surface area contributed by atoms with E-state index in [1.165, 1.54) is 0 Å². The van der Waals surface area contributed by atoms with E-state index in [9.17, 15) is 5.11 Å². The minimum Gasteiger partial charge on any atom is -0.504 e. The number of nitrogens with two attached hydrogens (primary N) is 1. The summed E-state index contributed by atoms with van der Waals surface area (Å²) in [6, 6.07) is 1.77. The standard InChI is InChI=1S/C11H16BrNO2/c1-7-8(4-3-5-13)11(14)10(15-2)6-9(7)12/h6,14H,3-5,13H2,1-2H3. The van der Waals surface area contributed by atoms with Crippen molar-refractivity contribution in [3.05, 3.63) is 21.7 Å². The van der Waals surface area contributed by atoms with Crippen molar-refractivity contribution in [2.45, 2.75) is 19.8 Å². The molecule has 3 N–H and O–H groups in total. The van der Waals surface area contributed by atoms with E-state index in [-0.39, 0.29) is 5.75 Å². The van der Waals surface area contributed by atoms with Crippen molar-refractivity contribution < 1.29 is 9.84 Å². The molecule has 84 valence electrons. The van der Waals surface area contributed by atoms with Crippen LogP contribution in [0, 0.1) is 6.92 Å². The SMILES string of the molecule is COc1cc(Br)c(C)c(CCCN)c1O. The normalized spacial score (nSPS) is 10.4. The fourth-order valence-electron chi connectivity index (χ4n) is 1.50. The lowest BCUT2D eigenvalue weighted by Gasteiger charge is -2.13. The minimum absolute atomic E-state index is 0.228. The van der Waals surface area contributed by atoms with Gasteiger partial charge in [-0.1, -0.05) is 15.9 Å². The average molecular weight is 274 g/mol. The number of methoxy groups -OCH3 is 1. The number of halogens is 1. The second-order valence-electron chi connectivity index (χ2n) is 3.41. The van der Waals surface area contributed by atoms with Crippen LogP contribution in [-0.2, 0) is 6.42 Å². The molecule has 3 nitrogen and oxygen atoms in total. The maximum atomic E-state index is 9.93. The van der Waals surface area contributed by atoms with Gasteiger partial charge >= 0.3 is 0 Å². The molecule has 0 heterocycles.